The van der Waals surface area contributed by atoms with Gasteiger partial charge in [0.05, 0.1) is 0 Å². The lowest BCUT2D eigenvalue weighted by Gasteiger charge is -2.39. The predicted octanol–water partition coefficient (Wildman–Crippen LogP) is 5.15. The molecule has 0 spiro atoms. The van der Waals surface area contributed by atoms with Crippen molar-refractivity contribution in [2.45, 2.75) is 69.9 Å². The minimum atomic E-state index is -5.09. The number of alkyl halides is 5. The Morgan fingerprint density at radius 2 is 2.00 bits per heavy atom. The highest BCUT2D eigenvalue weighted by atomic mass is 35.5. The number of hydrogen-bond acceptors (Lipinski definition) is 7. The van der Waals surface area contributed by atoms with Crippen LogP contribution in [0.2, 0.25) is 0 Å². The van der Waals surface area contributed by atoms with Crippen LogP contribution in [0.3, 0.4) is 0 Å². The van der Waals surface area contributed by atoms with Crippen LogP contribution in [-0.4, -0.2) is 58.1 Å². The Morgan fingerprint density at radius 3 is 2.62 bits per heavy atom. The molecule has 0 bridgehead atoms. The fourth-order valence-electron chi connectivity index (χ4n) is 5.05. The summed E-state index contributed by atoms with van der Waals surface area (Å²) >= 11 is 6.46. The lowest BCUT2D eigenvalue weighted by Crippen LogP contribution is -2.59. The SMILES string of the molecule is C/C=C\C(Cl)=C(/C)C(C(=O)NC1CC(F)(F)C1)N(C(=O)[C@@H]1CCC(=O)N1c1nccc(C#N)n1)c1cccc(OC(F)(F)F)c1. The van der Waals surface area contributed by atoms with Crippen LogP contribution in [0.25, 0.3) is 0 Å². The highest BCUT2D eigenvalue weighted by Crippen LogP contribution is 2.38. The van der Waals surface area contributed by atoms with Gasteiger partial charge < -0.3 is 10.1 Å². The largest absolute Gasteiger partial charge is 0.573 e. The van der Waals surface area contributed by atoms with Crippen molar-refractivity contribution in [2.75, 3.05) is 9.80 Å². The zero-order valence-corrected chi connectivity index (χ0v) is 24.6. The van der Waals surface area contributed by atoms with Crippen LogP contribution < -0.4 is 19.9 Å². The van der Waals surface area contributed by atoms with E-state index in [1.54, 1.807) is 13.0 Å². The van der Waals surface area contributed by atoms with E-state index in [9.17, 15) is 41.6 Å². The zero-order chi connectivity index (χ0) is 33.1. The topological polar surface area (TPSA) is 129 Å². The van der Waals surface area contributed by atoms with E-state index in [4.69, 9.17) is 11.6 Å². The number of ether oxygens (including phenoxy) is 1. The van der Waals surface area contributed by atoms with E-state index in [2.05, 4.69) is 20.0 Å². The molecule has 1 saturated carbocycles. The van der Waals surface area contributed by atoms with Gasteiger partial charge in [0.2, 0.25) is 17.8 Å². The van der Waals surface area contributed by atoms with Crippen molar-refractivity contribution in [1.82, 2.24) is 15.3 Å². The molecule has 1 aromatic carbocycles. The molecule has 4 rings (SSSR count). The van der Waals surface area contributed by atoms with E-state index in [0.29, 0.717) is 0 Å². The van der Waals surface area contributed by atoms with Crippen molar-refractivity contribution >= 4 is 41.0 Å². The molecule has 45 heavy (non-hydrogen) atoms. The number of carbonyl (C=O) groups excluding carboxylic acids is 3. The van der Waals surface area contributed by atoms with Gasteiger partial charge in [-0.2, -0.15) is 5.26 Å². The van der Waals surface area contributed by atoms with Gasteiger partial charge in [-0.1, -0.05) is 23.7 Å². The third-order valence-electron chi connectivity index (χ3n) is 7.08. The second kappa shape index (κ2) is 13.2. The Bertz CT molecular complexity index is 1580. The minimum absolute atomic E-state index is 0.0125. The monoisotopic (exact) mass is 652 g/mol. The first-order chi connectivity index (χ1) is 21.1. The molecule has 238 valence electrons. The van der Waals surface area contributed by atoms with Crippen LogP contribution in [0, 0.1) is 11.3 Å². The van der Waals surface area contributed by atoms with Crippen LogP contribution in [0.1, 0.15) is 45.2 Å². The maximum Gasteiger partial charge on any atom is 0.573 e. The van der Waals surface area contributed by atoms with Crippen molar-refractivity contribution in [1.29, 1.82) is 5.26 Å². The zero-order valence-electron chi connectivity index (χ0n) is 23.8. The van der Waals surface area contributed by atoms with Crippen molar-refractivity contribution in [3.05, 3.63) is 65.0 Å². The number of benzene rings is 1. The number of amides is 3. The number of hydrogen-bond donors (Lipinski definition) is 1. The lowest BCUT2D eigenvalue weighted by molar-refractivity contribution is -0.274. The molecule has 0 radical (unpaired) electrons. The van der Waals surface area contributed by atoms with Crippen LogP contribution in [0.4, 0.5) is 33.6 Å². The quantitative estimate of drug-likeness (QED) is 0.293. The molecule has 1 unspecified atom stereocenters. The molecular weight excluding hydrogens is 627 g/mol. The second-order valence-electron chi connectivity index (χ2n) is 10.3. The molecule has 10 nitrogen and oxygen atoms in total. The number of carbonyl (C=O) groups is 3. The van der Waals surface area contributed by atoms with Crippen molar-refractivity contribution < 1.29 is 41.1 Å². The molecule has 1 aromatic heterocycles. The number of aromatic nitrogens is 2. The van der Waals surface area contributed by atoms with Gasteiger partial charge in [-0.15, -0.1) is 13.2 Å². The first kappa shape index (κ1) is 33.3. The summed E-state index contributed by atoms with van der Waals surface area (Å²) in [5.74, 6) is -6.47. The first-order valence-corrected chi connectivity index (χ1v) is 13.9. The maximum absolute atomic E-state index is 14.5. The summed E-state index contributed by atoms with van der Waals surface area (Å²) in [5, 5.41) is 11.8. The molecular formula is C29H26ClF5N6O4. The Balaban J connectivity index is 1.87. The number of anilines is 2. The van der Waals surface area contributed by atoms with Crippen LogP contribution in [0.15, 0.2) is 59.3 Å². The number of allylic oxidation sites excluding steroid dienone is 3. The number of nitriles is 1. The Morgan fingerprint density at radius 1 is 1.29 bits per heavy atom. The number of nitrogens with one attached hydrogen (secondary N) is 1. The third kappa shape index (κ3) is 7.75. The molecule has 2 heterocycles. The molecule has 16 heteroatoms. The van der Waals surface area contributed by atoms with Gasteiger partial charge in [-0.25, -0.2) is 18.7 Å². The summed E-state index contributed by atoms with van der Waals surface area (Å²) in [6, 6.07) is 3.32. The van der Waals surface area contributed by atoms with Gasteiger partial charge in [-0.3, -0.25) is 24.2 Å². The van der Waals surface area contributed by atoms with Crippen molar-refractivity contribution in [2.24, 2.45) is 0 Å². The van der Waals surface area contributed by atoms with Gasteiger partial charge in [0.15, 0.2) is 0 Å². The van der Waals surface area contributed by atoms with E-state index in [1.807, 2.05) is 0 Å². The van der Waals surface area contributed by atoms with Crippen molar-refractivity contribution in [3.63, 3.8) is 0 Å². The fourth-order valence-corrected chi connectivity index (χ4v) is 5.28. The van der Waals surface area contributed by atoms with Gasteiger partial charge in [0.1, 0.15) is 29.6 Å². The molecule has 1 aliphatic heterocycles. The third-order valence-corrected chi connectivity index (χ3v) is 7.50. The molecule has 2 aliphatic rings. The van der Waals surface area contributed by atoms with Gasteiger partial charge >= 0.3 is 6.36 Å². The summed E-state index contributed by atoms with van der Waals surface area (Å²) in [4.78, 5) is 51.1. The van der Waals surface area contributed by atoms with Crippen LogP contribution in [-0.2, 0) is 14.4 Å². The molecule has 1 aliphatic carbocycles. The lowest BCUT2D eigenvalue weighted by atomic mass is 9.87. The van der Waals surface area contributed by atoms with Gasteiger partial charge in [0.25, 0.3) is 11.8 Å². The van der Waals surface area contributed by atoms with Crippen LogP contribution in [0.5, 0.6) is 5.75 Å². The molecule has 2 aromatic rings. The van der Waals surface area contributed by atoms with E-state index >= 15 is 0 Å². The fraction of sp³-hybridized carbons (Fsp3) is 0.379. The molecule has 2 fully saturated rings. The summed E-state index contributed by atoms with van der Waals surface area (Å²) in [6.07, 6.45) is -2.53. The second-order valence-corrected chi connectivity index (χ2v) is 10.7. The van der Waals surface area contributed by atoms with Gasteiger partial charge in [0, 0.05) is 48.3 Å². The average Bonchev–Trinajstić information content (AvgIpc) is 3.34. The van der Waals surface area contributed by atoms with E-state index in [1.165, 1.54) is 37.4 Å². The molecule has 1 saturated heterocycles. The van der Waals surface area contributed by atoms with E-state index in [-0.39, 0.29) is 40.8 Å². The standard InChI is InChI=1S/C29H26ClF5N6O4/c1-3-5-21(30)16(2)24(25(43)38-18-13-28(31,32)14-18)40(19-6-4-7-20(12-19)45-29(33,34)35)26(44)22-8-9-23(42)41(22)27-37-11-10-17(15-36)39-27/h3-7,10-12,18,22,24H,8-9,13-14H2,1-2H3,(H,38,43)/b5-3-,21-16-/t22-,24?/m0/s1. The first-order valence-electron chi connectivity index (χ1n) is 13.6. The summed E-state index contributed by atoms with van der Waals surface area (Å²) in [6.45, 7) is 3.02. The Labute approximate surface area is 259 Å². The highest BCUT2D eigenvalue weighted by Gasteiger charge is 2.49. The summed E-state index contributed by atoms with van der Waals surface area (Å²) < 4.78 is 70.7. The average molecular weight is 653 g/mol. The maximum atomic E-state index is 14.5. The highest BCUT2D eigenvalue weighted by molar-refractivity contribution is 6.32. The molecule has 2 atom stereocenters. The smallest absolute Gasteiger partial charge is 0.406 e. The number of halogens is 6. The normalized spacial score (nSPS) is 19.4. The van der Waals surface area contributed by atoms with Gasteiger partial charge in [-0.05, 0) is 50.1 Å². The van der Waals surface area contributed by atoms with Crippen molar-refractivity contribution in [3.8, 4) is 11.8 Å². The van der Waals surface area contributed by atoms with E-state index in [0.717, 1.165) is 28.0 Å². The summed E-state index contributed by atoms with van der Waals surface area (Å²) in [5.41, 5.74) is -0.310. The number of rotatable bonds is 9. The summed E-state index contributed by atoms with van der Waals surface area (Å²) in [7, 11) is 0. The Hall–Kier alpha value is -4.58. The molecule has 3 amide bonds. The number of nitrogens with zero attached hydrogens (tertiary/aromatic N) is 5. The van der Waals surface area contributed by atoms with Crippen LogP contribution >= 0.6 is 11.6 Å². The minimum Gasteiger partial charge on any atom is -0.406 e. The molecule has 1 N–H and O–H groups in total. The Kier molecular flexibility index (Phi) is 9.76. The van der Waals surface area contributed by atoms with E-state index < -0.39 is 66.7 Å². The predicted molar refractivity (Wildman–Crippen MR) is 151 cm³/mol.